The van der Waals surface area contributed by atoms with Gasteiger partial charge in [0, 0.05) is 11.3 Å². The molecule has 0 unspecified atom stereocenters. The van der Waals surface area contributed by atoms with E-state index in [0.717, 1.165) is 11.3 Å². The van der Waals surface area contributed by atoms with E-state index in [1.165, 1.54) is 0 Å². The number of rotatable bonds is 1. The first-order valence-corrected chi connectivity index (χ1v) is 3.22. The molecule has 1 aromatic rings. The van der Waals surface area contributed by atoms with Gasteiger partial charge in [-0.2, -0.15) is 4.98 Å². The van der Waals surface area contributed by atoms with Gasteiger partial charge in [0.05, 0.1) is 0 Å². The quantitative estimate of drug-likeness (QED) is 0.389. The van der Waals surface area contributed by atoms with Gasteiger partial charge in [0.2, 0.25) is 5.95 Å². The molecule has 1 aromatic heterocycles. The number of aromatic nitrogens is 2. The summed E-state index contributed by atoms with van der Waals surface area (Å²) in [6.45, 7) is 3.73. The van der Waals surface area contributed by atoms with Crippen molar-refractivity contribution >= 4 is 11.8 Å². The molecule has 60 valence electrons. The minimum atomic E-state index is 0.237. The molecule has 0 spiro atoms. The highest BCUT2D eigenvalue weighted by Crippen LogP contribution is 2.13. The summed E-state index contributed by atoms with van der Waals surface area (Å²) in [7, 11) is 0. The summed E-state index contributed by atoms with van der Waals surface area (Å²) >= 11 is 0. The van der Waals surface area contributed by atoms with Gasteiger partial charge >= 0.3 is 0 Å². The summed E-state index contributed by atoms with van der Waals surface area (Å²) in [5, 5.41) is 0. The van der Waals surface area contributed by atoms with Crippen LogP contribution in [-0.4, -0.2) is 9.97 Å². The van der Waals surface area contributed by atoms with Gasteiger partial charge in [0.15, 0.2) is 0 Å². The number of nitrogens with one attached hydrogen (secondary N) is 1. The number of hydrogen-bond donors (Lipinski definition) is 3. The van der Waals surface area contributed by atoms with Gasteiger partial charge < -0.3 is 11.2 Å². The lowest BCUT2D eigenvalue weighted by Gasteiger charge is -2.05. The Hall–Kier alpha value is -1.36. The normalized spacial score (nSPS) is 9.73. The number of nitrogen functional groups attached to an aromatic ring is 2. The summed E-state index contributed by atoms with van der Waals surface area (Å²) < 4.78 is 0. The van der Waals surface area contributed by atoms with Gasteiger partial charge in [-0.05, 0) is 13.8 Å². The van der Waals surface area contributed by atoms with Crippen molar-refractivity contribution in [2.24, 2.45) is 5.84 Å². The number of hydrogen-bond acceptors (Lipinski definition) is 5. The molecule has 5 nitrogen and oxygen atoms in total. The predicted molar refractivity (Wildman–Crippen MR) is 43.7 cm³/mol. The first-order chi connectivity index (χ1) is 5.15. The third-order valence-electron chi connectivity index (χ3n) is 1.54. The highest BCUT2D eigenvalue weighted by atomic mass is 15.3. The van der Waals surface area contributed by atoms with E-state index in [0.29, 0.717) is 5.82 Å². The van der Waals surface area contributed by atoms with E-state index in [9.17, 15) is 0 Å². The van der Waals surface area contributed by atoms with E-state index in [1.807, 2.05) is 13.8 Å². The maximum atomic E-state index is 5.39. The van der Waals surface area contributed by atoms with E-state index in [2.05, 4.69) is 15.4 Å². The fraction of sp³-hybridized carbons (Fsp3) is 0.333. The molecule has 0 radical (unpaired) electrons. The monoisotopic (exact) mass is 153 g/mol. The lowest BCUT2D eigenvalue weighted by molar-refractivity contribution is 1.06. The Labute approximate surface area is 64.8 Å². The largest absolute Gasteiger partial charge is 0.368 e. The van der Waals surface area contributed by atoms with Crippen molar-refractivity contribution in [3.8, 4) is 0 Å². The zero-order valence-corrected chi connectivity index (χ0v) is 6.55. The standard InChI is InChI=1S/C6H11N5/c1-3-4(2)9-6(7)10-5(3)11-8/h8H2,1-2H3,(H3,7,9,10,11). The number of aryl methyl sites for hydroxylation is 1. The fourth-order valence-corrected chi connectivity index (χ4v) is 0.791. The lowest BCUT2D eigenvalue weighted by Crippen LogP contribution is -2.13. The van der Waals surface area contributed by atoms with Gasteiger partial charge in [-0.3, -0.25) is 0 Å². The van der Waals surface area contributed by atoms with Crippen molar-refractivity contribution in [2.75, 3.05) is 11.2 Å². The molecule has 0 aliphatic carbocycles. The maximum Gasteiger partial charge on any atom is 0.222 e. The van der Waals surface area contributed by atoms with Crippen molar-refractivity contribution in [2.45, 2.75) is 13.8 Å². The minimum absolute atomic E-state index is 0.237. The molecular formula is C6H11N5. The van der Waals surface area contributed by atoms with E-state index in [4.69, 9.17) is 11.6 Å². The Morgan fingerprint density at radius 1 is 1.27 bits per heavy atom. The van der Waals surface area contributed by atoms with Crippen LogP contribution in [0.15, 0.2) is 0 Å². The van der Waals surface area contributed by atoms with Gasteiger partial charge in [-0.25, -0.2) is 10.8 Å². The zero-order chi connectivity index (χ0) is 8.43. The van der Waals surface area contributed by atoms with Crippen molar-refractivity contribution in [3.63, 3.8) is 0 Å². The van der Waals surface area contributed by atoms with Gasteiger partial charge in [0.1, 0.15) is 5.82 Å². The van der Waals surface area contributed by atoms with Crippen LogP contribution in [0.5, 0.6) is 0 Å². The molecule has 1 rings (SSSR count). The molecule has 0 bridgehead atoms. The second-order valence-corrected chi connectivity index (χ2v) is 2.29. The van der Waals surface area contributed by atoms with E-state index in [-0.39, 0.29) is 5.95 Å². The molecule has 11 heavy (non-hydrogen) atoms. The first-order valence-electron chi connectivity index (χ1n) is 3.22. The summed E-state index contributed by atoms with van der Waals surface area (Å²) in [4.78, 5) is 7.84. The zero-order valence-electron chi connectivity index (χ0n) is 6.55. The topological polar surface area (TPSA) is 89.8 Å². The van der Waals surface area contributed by atoms with Crippen molar-refractivity contribution in [1.29, 1.82) is 0 Å². The number of nitrogens with two attached hydrogens (primary N) is 2. The Morgan fingerprint density at radius 3 is 2.45 bits per heavy atom. The number of hydrazine groups is 1. The molecule has 0 saturated heterocycles. The number of anilines is 2. The van der Waals surface area contributed by atoms with Crippen LogP contribution in [0.3, 0.4) is 0 Å². The Kier molecular flexibility index (Phi) is 1.91. The molecule has 0 amide bonds. The number of nitrogens with zero attached hydrogens (tertiary/aromatic N) is 2. The second-order valence-electron chi connectivity index (χ2n) is 2.29. The summed E-state index contributed by atoms with van der Waals surface area (Å²) in [5.41, 5.74) is 9.59. The molecule has 0 aromatic carbocycles. The molecule has 0 atom stereocenters. The van der Waals surface area contributed by atoms with Gasteiger partial charge in [-0.1, -0.05) is 0 Å². The molecule has 0 fully saturated rings. The van der Waals surface area contributed by atoms with E-state index < -0.39 is 0 Å². The van der Waals surface area contributed by atoms with Crippen molar-refractivity contribution in [1.82, 2.24) is 9.97 Å². The predicted octanol–water partition coefficient (Wildman–Crippen LogP) is -0.0388. The third kappa shape index (κ3) is 1.38. The molecular weight excluding hydrogens is 142 g/mol. The maximum absolute atomic E-state index is 5.39. The lowest BCUT2D eigenvalue weighted by atomic mass is 10.2. The highest BCUT2D eigenvalue weighted by molar-refractivity contribution is 5.47. The van der Waals surface area contributed by atoms with Crippen molar-refractivity contribution in [3.05, 3.63) is 11.3 Å². The van der Waals surface area contributed by atoms with Crippen LogP contribution < -0.4 is 17.0 Å². The second kappa shape index (κ2) is 2.71. The molecule has 0 saturated carbocycles. The van der Waals surface area contributed by atoms with Crippen LogP contribution in [0.25, 0.3) is 0 Å². The highest BCUT2D eigenvalue weighted by Gasteiger charge is 2.03. The van der Waals surface area contributed by atoms with Gasteiger partial charge in [0.25, 0.3) is 0 Å². The van der Waals surface area contributed by atoms with Gasteiger partial charge in [-0.15, -0.1) is 0 Å². The van der Waals surface area contributed by atoms with Crippen LogP contribution >= 0.6 is 0 Å². The molecule has 5 heteroatoms. The Bertz CT molecular complexity index is 270. The molecule has 0 aliphatic heterocycles. The molecule has 1 heterocycles. The average Bonchev–Trinajstić information content (AvgIpc) is 1.96. The smallest absolute Gasteiger partial charge is 0.222 e. The van der Waals surface area contributed by atoms with Crippen LogP contribution in [0.4, 0.5) is 11.8 Å². The summed E-state index contributed by atoms with van der Waals surface area (Å²) in [6.07, 6.45) is 0. The average molecular weight is 153 g/mol. The minimum Gasteiger partial charge on any atom is -0.368 e. The van der Waals surface area contributed by atoms with E-state index >= 15 is 0 Å². The molecule has 0 aliphatic rings. The van der Waals surface area contributed by atoms with Crippen LogP contribution in [-0.2, 0) is 0 Å². The molecule has 5 N–H and O–H groups in total. The van der Waals surface area contributed by atoms with Crippen molar-refractivity contribution < 1.29 is 0 Å². The Balaban J connectivity index is 3.24. The summed E-state index contributed by atoms with van der Waals surface area (Å²) in [6, 6.07) is 0. The van der Waals surface area contributed by atoms with E-state index in [1.54, 1.807) is 0 Å². The first kappa shape index (κ1) is 7.74. The van der Waals surface area contributed by atoms with Crippen LogP contribution in [0.1, 0.15) is 11.3 Å². The Morgan fingerprint density at radius 2 is 1.91 bits per heavy atom. The third-order valence-corrected chi connectivity index (χ3v) is 1.54. The SMILES string of the molecule is Cc1nc(N)nc(NN)c1C. The van der Waals surface area contributed by atoms with Crippen LogP contribution in [0.2, 0.25) is 0 Å². The van der Waals surface area contributed by atoms with Crippen LogP contribution in [0, 0.1) is 13.8 Å². The summed E-state index contributed by atoms with van der Waals surface area (Å²) in [5.74, 6) is 6.01. The fourth-order valence-electron chi connectivity index (χ4n) is 0.791.